The van der Waals surface area contributed by atoms with Crippen LogP contribution in [0.2, 0.25) is 0 Å². The molecule has 0 aliphatic rings. The van der Waals surface area contributed by atoms with Gasteiger partial charge in [-0.3, -0.25) is 4.79 Å². The summed E-state index contributed by atoms with van der Waals surface area (Å²) < 4.78 is 0. The van der Waals surface area contributed by atoms with Crippen LogP contribution >= 0.6 is 0 Å². The van der Waals surface area contributed by atoms with Gasteiger partial charge in [-0.05, 0) is 19.4 Å². The topological polar surface area (TPSA) is 17.1 Å². The van der Waals surface area contributed by atoms with E-state index in [0.29, 0.717) is 11.1 Å². The number of hydrogen-bond donors (Lipinski definition) is 0. The molecule has 1 aromatic rings. The van der Waals surface area contributed by atoms with Crippen LogP contribution in [-0.2, 0) is 0 Å². The maximum absolute atomic E-state index is 10.9. The average Bonchev–Trinajstić information content (AvgIpc) is 2.04. The fraction of sp³-hybridized carbons (Fsp3) is 0.100. The average molecular weight is 143 g/mol. The van der Waals surface area contributed by atoms with Crippen molar-refractivity contribution in [2.75, 3.05) is 0 Å². The highest BCUT2D eigenvalue weighted by atomic mass is 16.1. The highest BCUT2D eigenvalue weighted by molar-refractivity contribution is 5.96. The van der Waals surface area contributed by atoms with E-state index in [2.05, 4.69) is 5.92 Å². The Bertz CT molecular complexity index is 318. The Kier molecular flexibility index (Phi) is 2.08. The van der Waals surface area contributed by atoms with E-state index in [1.54, 1.807) is 24.3 Å². The van der Waals surface area contributed by atoms with Gasteiger partial charge in [0.1, 0.15) is 0 Å². The summed E-state index contributed by atoms with van der Waals surface area (Å²) in [4.78, 5) is 10.9. The van der Waals surface area contributed by atoms with E-state index in [1.807, 2.05) is 0 Å². The molecule has 0 heterocycles. The van der Waals surface area contributed by atoms with E-state index in [9.17, 15) is 4.79 Å². The number of Topliss-reactive ketones (excluding diaryl/α,β-unsaturated/α-hetero) is 1. The van der Waals surface area contributed by atoms with Crippen LogP contribution in [0.3, 0.4) is 0 Å². The monoisotopic (exact) mass is 143 g/mol. The quantitative estimate of drug-likeness (QED) is 0.433. The third kappa shape index (κ3) is 1.47. The van der Waals surface area contributed by atoms with Crippen LogP contribution in [0.15, 0.2) is 24.3 Å². The molecule has 0 aliphatic heterocycles. The SMILES string of the molecule is [C]#Cc1ccccc1C(C)=O. The minimum absolute atomic E-state index is 0.0275. The molecule has 0 spiro atoms. The van der Waals surface area contributed by atoms with E-state index < -0.39 is 0 Å². The van der Waals surface area contributed by atoms with Gasteiger partial charge in [0.15, 0.2) is 5.78 Å². The molecule has 1 aromatic carbocycles. The number of carbonyl (C=O) groups is 1. The lowest BCUT2D eigenvalue weighted by Crippen LogP contribution is -1.94. The Morgan fingerprint density at radius 2 is 2.09 bits per heavy atom. The van der Waals surface area contributed by atoms with Crippen molar-refractivity contribution in [2.24, 2.45) is 0 Å². The lowest BCUT2D eigenvalue weighted by atomic mass is 10.1. The standard InChI is InChI=1S/C10H7O/c1-3-9-6-4-5-7-10(9)8(2)11/h4-7H,2H3. The number of ketones is 1. The van der Waals surface area contributed by atoms with Gasteiger partial charge in [0.25, 0.3) is 0 Å². The largest absolute Gasteiger partial charge is 0.294 e. The Hall–Kier alpha value is -1.55. The number of benzene rings is 1. The normalized spacial score (nSPS) is 8.73. The number of hydrogen-bond acceptors (Lipinski definition) is 1. The lowest BCUT2D eigenvalue weighted by Gasteiger charge is -1.96. The highest BCUT2D eigenvalue weighted by Gasteiger charge is 2.02. The first-order chi connectivity index (χ1) is 5.25. The summed E-state index contributed by atoms with van der Waals surface area (Å²) in [5.41, 5.74) is 1.11. The molecule has 53 valence electrons. The molecule has 0 aromatic heterocycles. The smallest absolute Gasteiger partial charge is 0.161 e. The fourth-order valence-corrected chi connectivity index (χ4v) is 0.899. The van der Waals surface area contributed by atoms with Gasteiger partial charge >= 0.3 is 0 Å². The third-order valence-corrected chi connectivity index (χ3v) is 1.44. The van der Waals surface area contributed by atoms with Crippen molar-refractivity contribution in [3.05, 3.63) is 41.8 Å². The maximum atomic E-state index is 10.9. The highest BCUT2D eigenvalue weighted by Crippen LogP contribution is 2.06. The molecule has 0 atom stereocenters. The Balaban J connectivity index is 3.26. The van der Waals surface area contributed by atoms with Gasteiger partial charge in [-0.1, -0.05) is 24.1 Å². The second-order valence-corrected chi connectivity index (χ2v) is 2.23. The van der Waals surface area contributed by atoms with E-state index >= 15 is 0 Å². The summed E-state index contributed by atoms with van der Waals surface area (Å²) >= 11 is 0. The molecule has 1 rings (SSSR count). The molecule has 0 bridgehead atoms. The predicted molar refractivity (Wildman–Crippen MR) is 42.7 cm³/mol. The summed E-state index contributed by atoms with van der Waals surface area (Å²) in [5, 5.41) is 0. The van der Waals surface area contributed by atoms with Crippen molar-refractivity contribution >= 4 is 5.78 Å². The molecule has 11 heavy (non-hydrogen) atoms. The first-order valence-corrected chi connectivity index (χ1v) is 3.28. The molecular formula is C10H7O. The summed E-state index contributed by atoms with van der Waals surface area (Å²) in [7, 11) is 0. The van der Waals surface area contributed by atoms with Crippen LogP contribution in [0, 0.1) is 12.3 Å². The molecule has 0 unspecified atom stereocenters. The molecule has 0 saturated heterocycles. The van der Waals surface area contributed by atoms with E-state index in [1.165, 1.54) is 6.92 Å². The zero-order chi connectivity index (χ0) is 8.27. The van der Waals surface area contributed by atoms with Crippen LogP contribution in [0.25, 0.3) is 0 Å². The molecule has 1 heteroatoms. The van der Waals surface area contributed by atoms with E-state index in [-0.39, 0.29) is 5.78 Å². The van der Waals surface area contributed by atoms with Crippen molar-refractivity contribution < 1.29 is 4.79 Å². The van der Waals surface area contributed by atoms with Crippen molar-refractivity contribution in [1.82, 2.24) is 0 Å². The molecular weight excluding hydrogens is 136 g/mol. The van der Waals surface area contributed by atoms with E-state index in [0.717, 1.165) is 0 Å². The minimum Gasteiger partial charge on any atom is -0.294 e. The molecule has 1 nitrogen and oxygen atoms in total. The van der Waals surface area contributed by atoms with Gasteiger partial charge in [-0.25, -0.2) is 0 Å². The summed E-state index contributed by atoms with van der Waals surface area (Å²) in [6.45, 7) is 1.48. The molecule has 0 saturated carbocycles. The molecule has 0 aliphatic carbocycles. The number of rotatable bonds is 1. The lowest BCUT2D eigenvalue weighted by molar-refractivity contribution is 0.101. The molecule has 0 amide bonds. The van der Waals surface area contributed by atoms with Gasteiger partial charge in [-0.2, -0.15) is 0 Å². The number of carbonyl (C=O) groups excluding carboxylic acids is 1. The van der Waals surface area contributed by atoms with Crippen LogP contribution in [0.4, 0.5) is 0 Å². The second-order valence-electron chi connectivity index (χ2n) is 2.23. The predicted octanol–water partition coefficient (Wildman–Crippen LogP) is 1.83. The van der Waals surface area contributed by atoms with Gasteiger partial charge in [-0.15, -0.1) is 0 Å². The zero-order valence-electron chi connectivity index (χ0n) is 6.22. The maximum Gasteiger partial charge on any atom is 0.161 e. The van der Waals surface area contributed by atoms with Crippen molar-refractivity contribution in [1.29, 1.82) is 0 Å². The van der Waals surface area contributed by atoms with Crippen LogP contribution in [0.5, 0.6) is 0 Å². The van der Waals surface area contributed by atoms with Crippen LogP contribution in [-0.4, -0.2) is 5.78 Å². The van der Waals surface area contributed by atoms with Gasteiger partial charge in [0.2, 0.25) is 0 Å². The van der Waals surface area contributed by atoms with Crippen LogP contribution in [0.1, 0.15) is 22.8 Å². The molecule has 0 fully saturated rings. The molecule has 1 radical (unpaired) electrons. The van der Waals surface area contributed by atoms with Crippen molar-refractivity contribution in [3.8, 4) is 5.92 Å². The second kappa shape index (κ2) is 3.03. The van der Waals surface area contributed by atoms with Crippen molar-refractivity contribution in [2.45, 2.75) is 6.92 Å². The fourth-order valence-electron chi connectivity index (χ4n) is 0.899. The Morgan fingerprint density at radius 3 is 2.55 bits per heavy atom. The molecule has 0 N–H and O–H groups in total. The van der Waals surface area contributed by atoms with Crippen molar-refractivity contribution in [3.63, 3.8) is 0 Å². The Labute approximate surface area is 66.1 Å². The van der Waals surface area contributed by atoms with Gasteiger partial charge in [0, 0.05) is 11.1 Å². The summed E-state index contributed by atoms with van der Waals surface area (Å²) in [6.07, 6.45) is 6.88. The van der Waals surface area contributed by atoms with Gasteiger partial charge < -0.3 is 0 Å². The summed E-state index contributed by atoms with van der Waals surface area (Å²) in [6, 6.07) is 6.95. The first-order valence-electron chi connectivity index (χ1n) is 3.28. The van der Waals surface area contributed by atoms with E-state index in [4.69, 9.17) is 6.42 Å². The first kappa shape index (κ1) is 7.56. The van der Waals surface area contributed by atoms with Gasteiger partial charge in [0.05, 0.1) is 0 Å². The minimum atomic E-state index is -0.0275. The summed E-state index contributed by atoms with van der Waals surface area (Å²) in [5.74, 6) is 2.18. The zero-order valence-corrected chi connectivity index (χ0v) is 6.22. The third-order valence-electron chi connectivity index (χ3n) is 1.44. The van der Waals surface area contributed by atoms with Crippen LogP contribution < -0.4 is 0 Å². The Morgan fingerprint density at radius 1 is 1.45 bits per heavy atom.